The number of aliphatic hydroxyl groups excluding tert-OH is 2. The molecule has 1 unspecified atom stereocenters. The van der Waals surface area contributed by atoms with Gasteiger partial charge in [0.15, 0.2) is 0 Å². The van der Waals surface area contributed by atoms with E-state index in [1.165, 1.54) is 18.3 Å². The van der Waals surface area contributed by atoms with Gasteiger partial charge in [0.2, 0.25) is 5.88 Å². The van der Waals surface area contributed by atoms with Gasteiger partial charge in [0, 0.05) is 18.8 Å². The van der Waals surface area contributed by atoms with Crippen LogP contribution in [0.15, 0.2) is 72.9 Å². The van der Waals surface area contributed by atoms with Crippen LogP contribution in [0.3, 0.4) is 0 Å². The zero-order valence-corrected chi connectivity index (χ0v) is 20.4. The van der Waals surface area contributed by atoms with Gasteiger partial charge in [-0.25, -0.2) is 4.98 Å². The van der Waals surface area contributed by atoms with Gasteiger partial charge in [0.1, 0.15) is 24.2 Å². The van der Waals surface area contributed by atoms with E-state index in [2.05, 4.69) is 10.3 Å². The van der Waals surface area contributed by atoms with Crippen LogP contribution in [0.4, 0.5) is 0 Å². The van der Waals surface area contributed by atoms with Gasteiger partial charge in [-0.05, 0) is 48.4 Å². The summed E-state index contributed by atoms with van der Waals surface area (Å²) in [6, 6.07) is 18.9. The quantitative estimate of drug-likeness (QED) is 0.270. The number of carboxylic acid groups (broad SMARTS) is 1. The summed E-state index contributed by atoms with van der Waals surface area (Å²) in [5.74, 6) is -0.290. The van der Waals surface area contributed by atoms with E-state index < -0.39 is 12.1 Å². The van der Waals surface area contributed by atoms with Crippen LogP contribution in [0.25, 0.3) is 0 Å². The number of rotatable bonds is 12. The number of aliphatic hydroxyl groups is 2. The monoisotopic (exact) mass is 460 g/mol. The number of carbonyl (C=O) groups is 1. The number of carboxylic acids is 1. The minimum Gasteiger partial charge on any atom is -0.545 e. The van der Waals surface area contributed by atoms with Gasteiger partial charge < -0.3 is 34.9 Å². The number of pyridine rings is 1. The van der Waals surface area contributed by atoms with E-state index in [9.17, 15) is 20.1 Å². The smallest absolute Gasteiger partial charge is 0.545 e. The second kappa shape index (κ2) is 13.9. The van der Waals surface area contributed by atoms with Crippen molar-refractivity contribution in [2.24, 2.45) is 0 Å². The fourth-order valence-corrected chi connectivity index (χ4v) is 2.99. The molecule has 0 bridgehead atoms. The molecule has 0 amide bonds. The Kier molecular flexibility index (Phi) is 11.3. The minimum absolute atomic E-state index is 0. The molecule has 0 spiro atoms. The first-order valence-electron chi connectivity index (χ1n) is 10.2. The first kappa shape index (κ1) is 26.8. The molecule has 0 saturated heterocycles. The molecule has 33 heavy (non-hydrogen) atoms. The van der Waals surface area contributed by atoms with E-state index >= 15 is 0 Å². The number of benzene rings is 2. The summed E-state index contributed by atoms with van der Waals surface area (Å²) < 4.78 is 11.1. The molecule has 8 nitrogen and oxygen atoms in total. The Balaban J connectivity index is 0.00000385. The molecular formula is C24H25N2NaO6. The van der Waals surface area contributed by atoms with Crippen molar-refractivity contribution in [3.05, 3.63) is 84.1 Å². The summed E-state index contributed by atoms with van der Waals surface area (Å²) in [4.78, 5) is 15.1. The van der Waals surface area contributed by atoms with Gasteiger partial charge in [-0.1, -0.05) is 30.3 Å². The Hall–Kier alpha value is -2.46. The van der Waals surface area contributed by atoms with Gasteiger partial charge >= 0.3 is 29.6 Å². The molecule has 0 aliphatic heterocycles. The molecule has 3 N–H and O–H groups in total. The number of aromatic nitrogens is 1. The number of hydrogen-bond acceptors (Lipinski definition) is 8. The molecule has 1 heterocycles. The molecule has 1 aromatic heterocycles. The van der Waals surface area contributed by atoms with Crippen molar-refractivity contribution in [1.29, 1.82) is 0 Å². The van der Waals surface area contributed by atoms with Crippen LogP contribution in [0.5, 0.6) is 17.4 Å². The first-order chi connectivity index (χ1) is 15.5. The van der Waals surface area contributed by atoms with Crippen LogP contribution in [0.2, 0.25) is 0 Å². The number of aromatic carboxylic acids is 1. The van der Waals surface area contributed by atoms with Gasteiger partial charge in [-0.15, -0.1) is 0 Å². The van der Waals surface area contributed by atoms with E-state index in [1.807, 2.05) is 42.5 Å². The zero-order chi connectivity index (χ0) is 22.8. The minimum atomic E-state index is -1.36. The summed E-state index contributed by atoms with van der Waals surface area (Å²) in [7, 11) is 0. The Bertz CT molecular complexity index is 988. The number of hydrogen-bond donors (Lipinski definition) is 3. The Labute approximate surface area is 214 Å². The van der Waals surface area contributed by atoms with Crippen molar-refractivity contribution in [2.45, 2.75) is 18.6 Å². The van der Waals surface area contributed by atoms with Crippen LogP contribution in [0, 0.1) is 0 Å². The molecule has 3 rings (SSSR count). The SMILES string of the molecule is O=C([O-])c1cccnc1Oc1ccc(C[C@@H](CO)NCC(O)COc2ccccc2)cc1.[Na+]. The first-order valence-corrected chi connectivity index (χ1v) is 10.2. The third kappa shape index (κ3) is 8.77. The number of ether oxygens (including phenoxy) is 2. The summed E-state index contributed by atoms with van der Waals surface area (Å²) in [5.41, 5.74) is 0.802. The van der Waals surface area contributed by atoms with Crippen molar-refractivity contribution < 1.29 is 59.1 Å². The van der Waals surface area contributed by atoms with E-state index in [1.54, 1.807) is 12.1 Å². The van der Waals surface area contributed by atoms with Gasteiger partial charge in [0.25, 0.3) is 0 Å². The van der Waals surface area contributed by atoms with E-state index in [0.717, 1.165) is 5.56 Å². The zero-order valence-electron chi connectivity index (χ0n) is 18.4. The Morgan fingerprint density at radius 3 is 2.42 bits per heavy atom. The molecule has 0 fully saturated rings. The summed E-state index contributed by atoms with van der Waals surface area (Å²) in [6.45, 7) is 0.306. The third-order valence-electron chi connectivity index (χ3n) is 4.66. The maximum absolute atomic E-state index is 11.2. The van der Waals surface area contributed by atoms with E-state index in [4.69, 9.17) is 9.47 Å². The normalized spacial score (nSPS) is 12.3. The molecule has 168 valence electrons. The average Bonchev–Trinajstić information content (AvgIpc) is 2.82. The van der Waals surface area contributed by atoms with E-state index in [-0.39, 0.29) is 66.8 Å². The van der Waals surface area contributed by atoms with Gasteiger partial charge in [-0.2, -0.15) is 0 Å². The molecule has 0 saturated carbocycles. The maximum atomic E-state index is 11.2. The molecule has 0 aliphatic carbocycles. The average molecular weight is 460 g/mol. The second-order valence-corrected chi connectivity index (χ2v) is 7.16. The van der Waals surface area contributed by atoms with Gasteiger partial charge in [0.05, 0.1) is 18.1 Å². The summed E-state index contributed by atoms with van der Waals surface area (Å²) in [6.07, 6.45) is 1.24. The number of nitrogens with zero attached hydrogens (tertiary/aromatic N) is 1. The Morgan fingerprint density at radius 1 is 1.03 bits per heavy atom. The van der Waals surface area contributed by atoms with E-state index in [0.29, 0.717) is 17.9 Å². The van der Waals surface area contributed by atoms with Crippen LogP contribution in [0.1, 0.15) is 15.9 Å². The van der Waals surface area contributed by atoms with Crippen LogP contribution >= 0.6 is 0 Å². The second-order valence-electron chi connectivity index (χ2n) is 7.16. The van der Waals surface area contributed by atoms with Crippen molar-refractivity contribution in [3.63, 3.8) is 0 Å². The van der Waals surface area contributed by atoms with Crippen LogP contribution in [-0.2, 0) is 6.42 Å². The standard InChI is InChI=1S/C24H26N2O6.Na/c27-15-18(26-14-19(28)16-31-20-5-2-1-3-6-20)13-17-8-10-21(11-9-17)32-23-22(24(29)30)7-4-12-25-23;/h1-12,18-19,26-28H,13-16H2,(H,29,30);/q;+1/p-1/t18-,19?;/m0./s1. The molecule has 2 aromatic carbocycles. The topological polar surface area (TPSA) is 124 Å². The largest absolute Gasteiger partial charge is 1.00 e. The molecule has 0 radical (unpaired) electrons. The number of carbonyl (C=O) groups excluding carboxylic acids is 1. The molecule has 0 aliphatic rings. The third-order valence-corrected chi connectivity index (χ3v) is 4.66. The molecule has 2 atom stereocenters. The van der Waals surface area contributed by atoms with Crippen molar-refractivity contribution >= 4 is 5.97 Å². The predicted octanol–water partition coefficient (Wildman–Crippen LogP) is -1.83. The van der Waals surface area contributed by atoms with Crippen molar-refractivity contribution in [1.82, 2.24) is 10.3 Å². The predicted molar refractivity (Wildman–Crippen MR) is 116 cm³/mol. The number of nitrogens with one attached hydrogen (secondary N) is 1. The fraction of sp³-hybridized carbons (Fsp3) is 0.250. The summed E-state index contributed by atoms with van der Waals surface area (Å²) in [5, 5.41) is 34.1. The molecule has 9 heteroatoms. The maximum Gasteiger partial charge on any atom is 1.00 e. The van der Waals surface area contributed by atoms with Crippen LogP contribution in [-0.4, -0.2) is 53.1 Å². The van der Waals surface area contributed by atoms with Crippen LogP contribution < -0.4 is 49.5 Å². The molecule has 3 aromatic rings. The van der Waals surface area contributed by atoms with Gasteiger partial charge in [-0.3, -0.25) is 0 Å². The van der Waals surface area contributed by atoms with Crippen molar-refractivity contribution in [2.75, 3.05) is 19.8 Å². The summed E-state index contributed by atoms with van der Waals surface area (Å²) >= 11 is 0. The fourth-order valence-electron chi connectivity index (χ4n) is 2.99. The Morgan fingerprint density at radius 2 is 1.76 bits per heavy atom. The number of para-hydroxylation sites is 1. The molecular weight excluding hydrogens is 435 g/mol. The van der Waals surface area contributed by atoms with Crippen molar-refractivity contribution in [3.8, 4) is 17.4 Å².